The summed E-state index contributed by atoms with van der Waals surface area (Å²) in [6.45, 7) is 1.33. The molecule has 0 unspecified atom stereocenters. The van der Waals surface area contributed by atoms with Gasteiger partial charge in [-0.25, -0.2) is 0 Å². The van der Waals surface area contributed by atoms with Crippen LogP contribution in [-0.2, 0) is 9.31 Å². The molecule has 0 saturated carbocycles. The predicted octanol–water partition coefficient (Wildman–Crippen LogP) is 1.08. The zero-order valence-corrected chi connectivity index (χ0v) is 7.25. The summed E-state index contributed by atoms with van der Waals surface area (Å²) in [6, 6.07) is 7.53. The smallest absolute Gasteiger partial charge is 0.405 e. The summed E-state index contributed by atoms with van der Waals surface area (Å²) in [5, 5.41) is 0.714. The van der Waals surface area contributed by atoms with Crippen molar-refractivity contribution in [1.82, 2.24) is 0 Å². The third-order valence-corrected chi connectivity index (χ3v) is 1.98. The summed E-state index contributed by atoms with van der Waals surface area (Å²) in [5.41, 5.74) is 0.986. The molecule has 1 fully saturated rings. The van der Waals surface area contributed by atoms with Gasteiger partial charge in [0.2, 0.25) is 0 Å². The Morgan fingerprint density at radius 3 is 2.67 bits per heavy atom. The monoisotopic (exact) mass is 182 g/mol. The molecule has 0 radical (unpaired) electrons. The normalized spacial score (nSPS) is 16.9. The van der Waals surface area contributed by atoms with Crippen molar-refractivity contribution >= 4 is 24.2 Å². The van der Waals surface area contributed by atoms with Crippen LogP contribution in [0.4, 0.5) is 0 Å². The van der Waals surface area contributed by atoms with Crippen molar-refractivity contribution in [3.63, 3.8) is 0 Å². The van der Waals surface area contributed by atoms with Crippen molar-refractivity contribution in [2.75, 3.05) is 13.2 Å². The Labute approximate surface area is 76.6 Å². The van der Waals surface area contributed by atoms with E-state index in [0.29, 0.717) is 18.2 Å². The van der Waals surface area contributed by atoms with Crippen LogP contribution in [0, 0.1) is 0 Å². The quantitative estimate of drug-likeness (QED) is 0.605. The second kappa shape index (κ2) is 3.48. The first kappa shape index (κ1) is 8.11. The lowest BCUT2D eigenvalue weighted by atomic mass is 9.80. The van der Waals surface area contributed by atoms with E-state index < -0.39 is 0 Å². The Bertz CT molecular complexity index is 274. The largest absolute Gasteiger partial charge is 0.494 e. The van der Waals surface area contributed by atoms with E-state index in [1.54, 1.807) is 0 Å². The number of hydrogen-bond donors (Lipinski definition) is 0. The fourth-order valence-corrected chi connectivity index (χ4v) is 1.40. The van der Waals surface area contributed by atoms with Crippen molar-refractivity contribution in [1.29, 1.82) is 0 Å². The molecule has 1 aliphatic heterocycles. The third kappa shape index (κ3) is 1.63. The van der Waals surface area contributed by atoms with Crippen LogP contribution in [0.1, 0.15) is 0 Å². The number of hydrogen-bond acceptors (Lipinski definition) is 2. The minimum Gasteiger partial charge on any atom is -0.405 e. The van der Waals surface area contributed by atoms with E-state index in [2.05, 4.69) is 0 Å². The van der Waals surface area contributed by atoms with Crippen molar-refractivity contribution in [3.8, 4) is 0 Å². The predicted molar refractivity (Wildman–Crippen MR) is 48.7 cm³/mol. The average molecular weight is 182 g/mol. The Kier molecular flexibility index (Phi) is 2.35. The highest BCUT2D eigenvalue weighted by Crippen LogP contribution is 2.07. The Morgan fingerprint density at radius 2 is 2.00 bits per heavy atom. The highest BCUT2D eigenvalue weighted by atomic mass is 35.5. The molecule has 62 valence electrons. The van der Waals surface area contributed by atoms with Crippen molar-refractivity contribution in [2.45, 2.75) is 0 Å². The van der Waals surface area contributed by atoms with Gasteiger partial charge in [-0.1, -0.05) is 23.7 Å². The molecule has 1 aromatic carbocycles. The van der Waals surface area contributed by atoms with Gasteiger partial charge in [-0.2, -0.15) is 0 Å². The van der Waals surface area contributed by atoms with Crippen LogP contribution in [0.3, 0.4) is 0 Å². The van der Waals surface area contributed by atoms with Crippen LogP contribution in [-0.4, -0.2) is 20.3 Å². The standard InChI is InChI=1S/C8H8BClO2/c10-8-3-1-2-7(6-8)9-11-4-5-12-9/h1-3,6H,4-5H2. The molecule has 1 heterocycles. The zero-order chi connectivity index (χ0) is 8.39. The molecule has 1 saturated heterocycles. The van der Waals surface area contributed by atoms with Gasteiger partial charge < -0.3 is 9.31 Å². The van der Waals surface area contributed by atoms with Crippen LogP contribution in [0.25, 0.3) is 0 Å². The van der Waals surface area contributed by atoms with Crippen molar-refractivity contribution in [3.05, 3.63) is 29.3 Å². The topological polar surface area (TPSA) is 18.5 Å². The van der Waals surface area contributed by atoms with Crippen molar-refractivity contribution in [2.24, 2.45) is 0 Å². The Hall–Kier alpha value is -0.505. The van der Waals surface area contributed by atoms with Gasteiger partial charge in [0.15, 0.2) is 0 Å². The molecular formula is C8H8BClO2. The molecule has 1 aromatic rings. The maximum absolute atomic E-state index is 5.81. The highest BCUT2D eigenvalue weighted by molar-refractivity contribution is 6.62. The van der Waals surface area contributed by atoms with Gasteiger partial charge in [0.25, 0.3) is 0 Å². The highest BCUT2D eigenvalue weighted by Gasteiger charge is 2.25. The molecule has 4 heteroatoms. The van der Waals surface area contributed by atoms with Gasteiger partial charge >= 0.3 is 7.12 Å². The van der Waals surface area contributed by atoms with Crippen molar-refractivity contribution < 1.29 is 9.31 Å². The van der Waals surface area contributed by atoms with Crippen LogP contribution in [0.15, 0.2) is 24.3 Å². The molecule has 0 aromatic heterocycles. The van der Waals surface area contributed by atoms with E-state index in [-0.39, 0.29) is 7.12 Å². The number of benzene rings is 1. The molecule has 0 amide bonds. The van der Waals surface area contributed by atoms with Crippen LogP contribution in [0.2, 0.25) is 5.02 Å². The Balaban J connectivity index is 2.21. The van der Waals surface area contributed by atoms with Crippen LogP contribution < -0.4 is 5.46 Å². The number of rotatable bonds is 1. The summed E-state index contributed by atoms with van der Waals surface area (Å²) >= 11 is 5.81. The lowest BCUT2D eigenvalue weighted by molar-refractivity contribution is 0.365. The average Bonchev–Trinajstić information content (AvgIpc) is 2.56. The summed E-state index contributed by atoms with van der Waals surface area (Å²) < 4.78 is 10.6. The molecule has 0 spiro atoms. The maximum atomic E-state index is 5.81. The number of halogens is 1. The lowest BCUT2D eigenvalue weighted by Gasteiger charge is -2.03. The molecule has 0 bridgehead atoms. The summed E-state index contributed by atoms with van der Waals surface area (Å²) in [4.78, 5) is 0. The van der Waals surface area contributed by atoms with Crippen LogP contribution >= 0.6 is 11.6 Å². The maximum Gasteiger partial charge on any atom is 0.494 e. The minimum atomic E-state index is -0.219. The molecule has 0 atom stereocenters. The Morgan fingerprint density at radius 1 is 1.25 bits per heavy atom. The van der Waals surface area contributed by atoms with Gasteiger partial charge in [0, 0.05) is 5.02 Å². The molecule has 0 aliphatic carbocycles. The molecule has 2 nitrogen and oxygen atoms in total. The second-order valence-electron chi connectivity index (χ2n) is 2.63. The summed E-state index contributed by atoms with van der Waals surface area (Å²) in [7, 11) is -0.219. The van der Waals surface area contributed by atoms with E-state index in [4.69, 9.17) is 20.9 Å². The van der Waals surface area contributed by atoms with Gasteiger partial charge in [-0.05, 0) is 17.6 Å². The fourth-order valence-electron chi connectivity index (χ4n) is 1.20. The molecule has 1 aliphatic rings. The third-order valence-electron chi connectivity index (χ3n) is 1.74. The van der Waals surface area contributed by atoms with E-state index >= 15 is 0 Å². The fraction of sp³-hybridized carbons (Fsp3) is 0.250. The van der Waals surface area contributed by atoms with Crippen LogP contribution in [0.5, 0.6) is 0 Å². The zero-order valence-electron chi connectivity index (χ0n) is 6.50. The van der Waals surface area contributed by atoms with E-state index in [1.807, 2.05) is 24.3 Å². The first-order valence-electron chi connectivity index (χ1n) is 3.85. The van der Waals surface area contributed by atoms with Gasteiger partial charge in [0.05, 0.1) is 13.2 Å². The first-order chi connectivity index (χ1) is 5.86. The summed E-state index contributed by atoms with van der Waals surface area (Å²) in [6.07, 6.45) is 0. The molecular weight excluding hydrogens is 174 g/mol. The first-order valence-corrected chi connectivity index (χ1v) is 4.23. The molecule has 12 heavy (non-hydrogen) atoms. The summed E-state index contributed by atoms with van der Waals surface area (Å²) in [5.74, 6) is 0. The minimum absolute atomic E-state index is 0.219. The molecule has 2 rings (SSSR count). The van der Waals surface area contributed by atoms with E-state index in [0.717, 1.165) is 5.46 Å². The van der Waals surface area contributed by atoms with E-state index in [9.17, 15) is 0 Å². The second-order valence-corrected chi connectivity index (χ2v) is 3.06. The lowest BCUT2D eigenvalue weighted by Crippen LogP contribution is -2.31. The SMILES string of the molecule is Clc1cccc(B2OCCO2)c1. The van der Waals surface area contributed by atoms with Gasteiger partial charge in [0.1, 0.15) is 0 Å². The van der Waals surface area contributed by atoms with E-state index in [1.165, 1.54) is 0 Å². The van der Waals surface area contributed by atoms with Gasteiger partial charge in [-0.3, -0.25) is 0 Å². The van der Waals surface area contributed by atoms with Gasteiger partial charge in [-0.15, -0.1) is 0 Å². The molecule has 0 N–H and O–H groups in total.